The highest BCUT2D eigenvalue weighted by Crippen LogP contribution is 2.31. The van der Waals surface area contributed by atoms with E-state index in [1.54, 1.807) is 4.90 Å². The lowest BCUT2D eigenvalue weighted by Crippen LogP contribution is -2.42. The maximum atomic E-state index is 12.8. The molecule has 24 heavy (non-hydrogen) atoms. The Hall–Kier alpha value is -2.82. The number of para-hydroxylation sites is 2. The first-order valence-corrected chi connectivity index (χ1v) is 8.06. The molecular weight excluding hydrogens is 302 g/mol. The Morgan fingerprint density at radius 2 is 1.92 bits per heavy atom. The van der Waals surface area contributed by atoms with E-state index in [4.69, 9.17) is 0 Å². The van der Waals surface area contributed by atoms with Gasteiger partial charge >= 0.3 is 0 Å². The van der Waals surface area contributed by atoms with E-state index in [-0.39, 0.29) is 30.8 Å². The molecule has 0 saturated heterocycles. The molecule has 0 unspecified atom stereocenters. The molecule has 2 N–H and O–H groups in total. The molecule has 0 bridgehead atoms. The Morgan fingerprint density at radius 3 is 2.67 bits per heavy atom. The van der Waals surface area contributed by atoms with Crippen LogP contribution in [0.1, 0.15) is 18.9 Å². The van der Waals surface area contributed by atoms with Crippen LogP contribution in [0.2, 0.25) is 0 Å². The smallest absolute Gasteiger partial charge is 0.246 e. The van der Waals surface area contributed by atoms with Crippen LogP contribution in [0.15, 0.2) is 48.5 Å². The predicted octanol–water partition coefficient (Wildman–Crippen LogP) is 3.17. The fraction of sp³-hybridized carbons (Fsp3) is 0.263. The molecule has 0 saturated carbocycles. The number of anilines is 3. The van der Waals surface area contributed by atoms with Crippen LogP contribution in [0, 0.1) is 6.92 Å². The number of amides is 2. The maximum absolute atomic E-state index is 12.8. The maximum Gasteiger partial charge on any atom is 0.246 e. The van der Waals surface area contributed by atoms with Gasteiger partial charge < -0.3 is 15.5 Å². The molecule has 1 aliphatic heterocycles. The van der Waals surface area contributed by atoms with Crippen molar-refractivity contribution in [3.8, 4) is 0 Å². The Labute approximate surface area is 141 Å². The van der Waals surface area contributed by atoms with Crippen LogP contribution in [0.5, 0.6) is 0 Å². The lowest BCUT2D eigenvalue weighted by Gasteiger charge is -2.28. The molecule has 0 aliphatic carbocycles. The van der Waals surface area contributed by atoms with Crippen molar-refractivity contribution in [1.82, 2.24) is 0 Å². The second-order valence-electron chi connectivity index (χ2n) is 6.10. The molecule has 2 amide bonds. The Balaban J connectivity index is 1.79. The van der Waals surface area contributed by atoms with Crippen molar-refractivity contribution in [2.75, 3.05) is 22.1 Å². The van der Waals surface area contributed by atoms with Gasteiger partial charge in [0.25, 0.3) is 0 Å². The summed E-state index contributed by atoms with van der Waals surface area (Å²) < 4.78 is 0. The number of rotatable bonds is 3. The second kappa shape index (κ2) is 6.74. The Bertz CT molecular complexity index is 755. The highest BCUT2D eigenvalue weighted by atomic mass is 16.2. The SMILES string of the molecule is Cc1ccc(NCC(=O)N2c3ccccc3NC(=O)C[C@@H]2C)cc1. The van der Waals surface area contributed by atoms with Crippen LogP contribution in [0.25, 0.3) is 0 Å². The van der Waals surface area contributed by atoms with Crippen molar-refractivity contribution in [1.29, 1.82) is 0 Å². The molecule has 0 radical (unpaired) electrons. The summed E-state index contributed by atoms with van der Waals surface area (Å²) in [6.07, 6.45) is 0.283. The van der Waals surface area contributed by atoms with Crippen LogP contribution in [-0.2, 0) is 9.59 Å². The monoisotopic (exact) mass is 323 g/mol. The molecule has 1 atom stereocenters. The van der Waals surface area contributed by atoms with Gasteiger partial charge in [-0.15, -0.1) is 0 Å². The highest BCUT2D eigenvalue weighted by Gasteiger charge is 2.29. The average Bonchev–Trinajstić information content (AvgIpc) is 2.68. The van der Waals surface area contributed by atoms with Crippen LogP contribution in [0.3, 0.4) is 0 Å². The van der Waals surface area contributed by atoms with Gasteiger partial charge in [0.1, 0.15) is 0 Å². The summed E-state index contributed by atoms with van der Waals surface area (Å²) in [5.41, 5.74) is 3.49. The molecule has 1 aliphatic rings. The standard InChI is InChI=1S/C19H21N3O2/c1-13-7-9-15(10-8-13)20-12-19(24)22-14(2)11-18(23)21-16-5-3-4-6-17(16)22/h3-10,14,20H,11-12H2,1-2H3,(H,21,23)/t14-/m0/s1. The molecule has 0 spiro atoms. The zero-order valence-corrected chi connectivity index (χ0v) is 13.9. The van der Waals surface area contributed by atoms with Gasteiger partial charge in [0.15, 0.2) is 0 Å². The van der Waals surface area contributed by atoms with E-state index in [2.05, 4.69) is 10.6 Å². The number of hydrogen-bond acceptors (Lipinski definition) is 3. The Kier molecular flexibility index (Phi) is 4.51. The van der Waals surface area contributed by atoms with Crippen molar-refractivity contribution < 1.29 is 9.59 Å². The Morgan fingerprint density at radius 1 is 1.21 bits per heavy atom. The van der Waals surface area contributed by atoms with Gasteiger partial charge in [-0.2, -0.15) is 0 Å². The van der Waals surface area contributed by atoms with E-state index in [1.807, 2.05) is 62.4 Å². The van der Waals surface area contributed by atoms with E-state index >= 15 is 0 Å². The lowest BCUT2D eigenvalue weighted by atomic mass is 10.1. The number of aryl methyl sites for hydroxylation is 1. The van der Waals surface area contributed by atoms with Gasteiger partial charge in [-0.1, -0.05) is 29.8 Å². The molecule has 2 aromatic carbocycles. The quantitative estimate of drug-likeness (QED) is 0.912. The summed E-state index contributed by atoms with van der Waals surface area (Å²) in [5.74, 6) is -0.135. The van der Waals surface area contributed by atoms with Gasteiger partial charge in [0.2, 0.25) is 11.8 Å². The topological polar surface area (TPSA) is 61.4 Å². The summed E-state index contributed by atoms with van der Waals surface area (Å²) in [6, 6.07) is 15.1. The molecule has 5 heteroatoms. The molecule has 0 aromatic heterocycles. The summed E-state index contributed by atoms with van der Waals surface area (Å²) in [7, 11) is 0. The molecule has 0 fully saturated rings. The van der Waals surface area contributed by atoms with Crippen LogP contribution in [-0.4, -0.2) is 24.4 Å². The minimum atomic E-state index is -0.194. The third-order valence-corrected chi connectivity index (χ3v) is 4.12. The average molecular weight is 323 g/mol. The number of fused-ring (bicyclic) bond motifs is 1. The number of carbonyl (C=O) groups excluding carboxylic acids is 2. The van der Waals surface area contributed by atoms with Crippen molar-refractivity contribution in [2.24, 2.45) is 0 Å². The number of benzene rings is 2. The van der Waals surface area contributed by atoms with E-state index in [1.165, 1.54) is 5.56 Å². The fourth-order valence-electron chi connectivity index (χ4n) is 2.90. The minimum Gasteiger partial charge on any atom is -0.376 e. The number of nitrogens with one attached hydrogen (secondary N) is 2. The van der Waals surface area contributed by atoms with Crippen molar-refractivity contribution in [3.05, 3.63) is 54.1 Å². The lowest BCUT2D eigenvalue weighted by molar-refractivity contribution is -0.118. The van der Waals surface area contributed by atoms with Crippen molar-refractivity contribution in [2.45, 2.75) is 26.3 Å². The molecule has 5 nitrogen and oxygen atoms in total. The molecular formula is C19H21N3O2. The van der Waals surface area contributed by atoms with Crippen molar-refractivity contribution >= 4 is 28.9 Å². The van der Waals surface area contributed by atoms with Crippen molar-refractivity contribution in [3.63, 3.8) is 0 Å². The summed E-state index contributed by atoms with van der Waals surface area (Å²) >= 11 is 0. The second-order valence-corrected chi connectivity index (χ2v) is 6.10. The normalized spacial score (nSPS) is 16.8. The van der Waals surface area contributed by atoms with E-state index < -0.39 is 0 Å². The van der Waals surface area contributed by atoms with Gasteiger partial charge in [0, 0.05) is 18.2 Å². The fourth-order valence-corrected chi connectivity index (χ4v) is 2.90. The molecule has 1 heterocycles. The zero-order chi connectivity index (χ0) is 17.1. The summed E-state index contributed by atoms with van der Waals surface area (Å²) in [5, 5.41) is 6.02. The number of nitrogens with zero attached hydrogens (tertiary/aromatic N) is 1. The number of carbonyl (C=O) groups is 2. The summed E-state index contributed by atoms with van der Waals surface area (Å²) in [6.45, 7) is 4.09. The first-order valence-electron chi connectivity index (χ1n) is 8.06. The van der Waals surface area contributed by atoms with Crippen LogP contribution in [0.4, 0.5) is 17.1 Å². The van der Waals surface area contributed by atoms with Crippen LogP contribution < -0.4 is 15.5 Å². The van der Waals surface area contributed by atoms with E-state index in [0.29, 0.717) is 5.69 Å². The van der Waals surface area contributed by atoms with Gasteiger partial charge in [0.05, 0.1) is 17.9 Å². The van der Waals surface area contributed by atoms with Gasteiger partial charge in [-0.05, 0) is 38.1 Å². The highest BCUT2D eigenvalue weighted by molar-refractivity contribution is 6.05. The third kappa shape index (κ3) is 3.40. The first-order chi connectivity index (χ1) is 11.5. The molecule has 3 rings (SSSR count). The first kappa shape index (κ1) is 16.1. The largest absolute Gasteiger partial charge is 0.376 e. The van der Waals surface area contributed by atoms with E-state index in [9.17, 15) is 9.59 Å². The van der Waals surface area contributed by atoms with E-state index in [0.717, 1.165) is 11.4 Å². The third-order valence-electron chi connectivity index (χ3n) is 4.12. The van der Waals surface area contributed by atoms with Gasteiger partial charge in [-0.3, -0.25) is 9.59 Å². The molecule has 2 aromatic rings. The van der Waals surface area contributed by atoms with Crippen LogP contribution >= 0.6 is 0 Å². The predicted molar refractivity (Wildman–Crippen MR) is 96.3 cm³/mol. The molecule has 124 valence electrons. The minimum absolute atomic E-state index is 0.0629. The zero-order valence-electron chi connectivity index (χ0n) is 13.9. The summed E-state index contributed by atoms with van der Waals surface area (Å²) in [4.78, 5) is 26.5. The number of hydrogen-bond donors (Lipinski definition) is 2. The van der Waals surface area contributed by atoms with Gasteiger partial charge in [-0.25, -0.2) is 0 Å².